The number of rotatable bonds is 3. The Labute approximate surface area is 135 Å². The van der Waals surface area contributed by atoms with Gasteiger partial charge in [-0.25, -0.2) is 0 Å². The standard InChI is InChI=1S/C20H19NS/c1-2-6-16(7-3-1)15-21-12-10-17(11-13-21)20-14-18-8-4-5-9-19(18)22-20/h1-10,14H,11-13,15H2. The van der Waals surface area contributed by atoms with Crippen molar-refractivity contribution in [1.29, 1.82) is 0 Å². The molecule has 0 radical (unpaired) electrons. The van der Waals surface area contributed by atoms with Crippen molar-refractivity contribution < 1.29 is 0 Å². The zero-order valence-electron chi connectivity index (χ0n) is 12.5. The molecule has 0 bridgehead atoms. The van der Waals surface area contributed by atoms with Crippen LogP contribution >= 0.6 is 11.3 Å². The van der Waals surface area contributed by atoms with Crippen LogP contribution in [0, 0.1) is 0 Å². The van der Waals surface area contributed by atoms with Gasteiger partial charge in [0, 0.05) is 29.2 Å². The average molecular weight is 305 g/mol. The topological polar surface area (TPSA) is 3.24 Å². The summed E-state index contributed by atoms with van der Waals surface area (Å²) in [6.07, 6.45) is 3.57. The van der Waals surface area contributed by atoms with E-state index >= 15 is 0 Å². The molecule has 110 valence electrons. The minimum absolute atomic E-state index is 1.05. The molecule has 0 amide bonds. The molecular formula is C20H19NS. The predicted molar refractivity (Wildman–Crippen MR) is 96.1 cm³/mol. The Morgan fingerprint density at radius 3 is 2.55 bits per heavy atom. The maximum atomic E-state index is 2.52. The van der Waals surface area contributed by atoms with Gasteiger partial charge in [0.05, 0.1) is 0 Å². The van der Waals surface area contributed by atoms with Crippen molar-refractivity contribution in [2.75, 3.05) is 13.1 Å². The Hall–Kier alpha value is -1.90. The van der Waals surface area contributed by atoms with E-state index in [0.29, 0.717) is 0 Å². The van der Waals surface area contributed by atoms with Gasteiger partial charge in [-0.05, 0) is 35.1 Å². The lowest BCUT2D eigenvalue weighted by molar-refractivity contribution is 0.294. The first-order valence-corrected chi connectivity index (χ1v) is 8.64. The average Bonchev–Trinajstić information content (AvgIpc) is 3.00. The number of benzene rings is 2. The normalized spacial score (nSPS) is 15.9. The molecule has 0 aliphatic carbocycles. The van der Waals surface area contributed by atoms with E-state index in [9.17, 15) is 0 Å². The van der Waals surface area contributed by atoms with E-state index in [-0.39, 0.29) is 0 Å². The molecule has 0 spiro atoms. The Morgan fingerprint density at radius 2 is 1.77 bits per heavy atom. The summed E-state index contributed by atoms with van der Waals surface area (Å²) in [5.74, 6) is 0. The molecule has 2 heterocycles. The van der Waals surface area contributed by atoms with Crippen LogP contribution < -0.4 is 0 Å². The summed E-state index contributed by atoms with van der Waals surface area (Å²) >= 11 is 1.92. The molecule has 0 unspecified atom stereocenters. The highest BCUT2D eigenvalue weighted by atomic mass is 32.1. The first-order chi connectivity index (χ1) is 10.9. The highest BCUT2D eigenvalue weighted by Gasteiger charge is 2.14. The third-order valence-corrected chi connectivity index (χ3v) is 5.48. The second-order valence-electron chi connectivity index (χ2n) is 5.85. The van der Waals surface area contributed by atoms with Gasteiger partial charge in [-0.2, -0.15) is 0 Å². The van der Waals surface area contributed by atoms with Crippen molar-refractivity contribution in [2.45, 2.75) is 13.0 Å². The molecule has 0 N–H and O–H groups in total. The van der Waals surface area contributed by atoms with Crippen LogP contribution in [0.15, 0.2) is 66.7 Å². The van der Waals surface area contributed by atoms with Crippen LogP contribution in [0.3, 0.4) is 0 Å². The molecule has 1 aromatic heterocycles. The van der Waals surface area contributed by atoms with Crippen molar-refractivity contribution in [1.82, 2.24) is 4.90 Å². The van der Waals surface area contributed by atoms with E-state index in [4.69, 9.17) is 0 Å². The summed E-state index contributed by atoms with van der Waals surface area (Å²) in [5.41, 5.74) is 2.92. The molecule has 22 heavy (non-hydrogen) atoms. The molecule has 4 rings (SSSR count). The molecule has 0 saturated heterocycles. The minimum Gasteiger partial charge on any atom is -0.295 e. The molecular weight excluding hydrogens is 286 g/mol. The van der Waals surface area contributed by atoms with Crippen LogP contribution in [-0.4, -0.2) is 18.0 Å². The van der Waals surface area contributed by atoms with E-state index in [1.807, 2.05) is 11.3 Å². The molecule has 1 nitrogen and oxygen atoms in total. The largest absolute Gasteiger partial charge is 0.295 e. The number of thiophene rings is 1. The Morgan fingerprint density at radius 1 is 0.955 bits per heavy atom. The molecule has 2 heteroatoms. The molecule has 1 aliphatic rings. The third kappa shape index (κ3) is 2.85. The van der Waals surface area contributed by atoms with Crippen LogP contribution in [0.5, 0.6) is 0 Å². The van der Waals surface area contributed by atoms with Crippen LogP contribution in [-0.2, 0) is 6.54 Å². The fourth-order valence-corrected chi connectivity index (χ4v) is 4.19. The summed E-state index contributed by atoms with van der Waals surface area (Å²) < 4.78 is 1.39. The zero-order chi connectivity index (χ0) is 14.8. The van der Waals surface area contributed by atoms with Crippen LogP contribution in [0.1, 0.15) is 16.9 Å². The number of fused-ring (bicyclic) bond motifs is 1. The van der Waals surface area contributed by atoms with Crippen LogP contribution in [0.25, 0.3) is 15.7 Å². The summed E-state index contributed by atoms with van der Waals surface area (Å²) in [7, 11) is 0. The zero-order valence-corrected chi connectivity index (χ0v) is 13.4. The number of hydrogen-bond donors (Lipinski definition) is 0. The summed E-state index contributed by atoms with van der Waals surface area (Å²) in [5, 5.41) is 1.37. The fourth-order valence-electron chi connectivity index (χ4n) is 3.06. The van der Waals surface area contributed by atoms with E-state index in [2.05, 4.69) is 71.6 Å². The van der Waals surface area contributed by atoms with E-state index in [1.54, 1.807) is 0 Å². The van der Waals surface area contributed by atoms with Crippen molar-refractivity contribution >= 4 is 27.0 Å². The molecule has 3 aromatic rings. The van der Waals surface area contributed by atoms with Crippen molar-refractivity contribution in [3.8, 4) is 0 Å². The first-order valence-electron chi connectivity index (χ1n) is 7.83. The van der Waals surface area contributed by atoms with Gasteiger partial charge in [-0.1, -0.05) is 54.6 Å². The van der Waals surface area contributed by atoms with Crippen LogP contribution in [0.2, 0.25) is 0 Å². The van der Waals surface area contributed by atoms with Crippen LogP contribution in [0.4, 0.5) is 0 Å². The Balaban J connectivity index is 1.49. The van der Waals surface area contributed by atoms with Crippen molar-refractivity contribution in [2.24, 2.45) is 0 Å². The molecule has 0 saturated carbocycles. The van der Waals surface area contributed by atoms with Gasteiger partial charge >= 0.3 is 0 Å². The highest BCUT2D eigenvalue weighted by Crippen LogP contribution is 2.33. The summed E-state index contributed by atoms with van der Waals surface area (Å²) in [6, 6.07) is 21.8. The van der Waals surface area contributed by atoms with Crippen molar-refractivity contribution in [3.63, 3.8) is 0 Å². The monoisotopic (exact) mass is 305 g/mol. The quantitative estimate of drug-likeness (QED) is 0.643. The van der Waals surface area contributed by atoms with Gasteiger partial charge in [0.15, 0.2) is 0 Å². The van der Waals surface area contributed by atoms with Gasteiger partial charge in [0.1, 0.15) is 0 Å². The van der Waals surface area contributed by atoms with Gasteiger partial charge in [-0.3, -0.25) is 4.90 Å². The maximum Gasteiger partial charge on any atom is 0.0349 e. The van der Waals surface area contributed by atoms with Gasteiger partial charge in [0.2, 0.25) is 0 Å². The van der Waals surface area contributed by atoms with Gasteiger partial charge < -0.3 is 0 Å². The lowest BCUT2D eigenvalue weighted by atomic mass is 10.1. The van der Waals surface area contributed by atoms with Crippen molar-refractivity contribution in [3.05, 3.63) is 77.2 Å². The second-order valence-corrected chi connectivity index (χ2v) is 6.93. The number of nitrogens with zero attached hydrogens (tertiary/aromatic N) is 1. The number of hydrogen-bond acceptors (Lipinski definition) is 2. The maximum absolute atomic E-state index is 2.52. The Kier molecular flexibility index (Phi) is 3.79. The summed E-state index contributed by atoms with van der Waals surface area (Å²) in [4.78, 5) is 3.96. The Bertz CT molecular complexity index is 768. The molecule has 1 aliphatic heterocycles. The molecule has 0 fully saturated rings. The lowest BCUT2D eigenvalue weighted by Gasteiger charge is -2.26. The van der Waals surface area contributed by atoms with E-state index in [1.165, 1.54) is 26.1 Å². The predicted octanol–water partition coefficient (Wildman–Crippen LogP) is 5.19. The summed E-state index contributed by atoms with van der Waals surface area (Å²) in [6.45, 7) is 3.25. The van der Waals surface area contributed by atoms with Gasteiger partial charge in [-0.15, -0.1) is 11.3 Å². The lowest BCUT2D eigenvalue weighted by Crippen LogP contribution is -2.27. The first kappa shape index (κ1) is 13.7. The molecule has 0 atom stereocenters. The second kappa shape index (κ2) is 6.07. The fraction of sp³-hybridized carbons (Fsp3) is 0.200. The molecule has 2 aromatic carbocycles. The van der Waals surface area contributed by atoms with Gasteiger partial charge in [0.25, 0.3) is 0 Å². The highest BCUT2D eigenvalue weighted by molar-refractivity contribution is 7.20. The van der Waals surface area contributed by atoms with E-state index in [0.717, 1.165) is 26.1 Å². The third-order valence-electron chi connectivity index (χ3n) is 4.28. The van der Waals surface area contributed by atoms with E-state index < -0.39 is 0 Å². The SMILES string of the molecule is C1=C(c2cc3ccccc3s2)CCN(Cc2ccccc2)C1. The smallest absolute Gasteiger partial charge is 0.0349 e. The minimum atomic E-state index is 1.05.